The van der Waals surface area contributed by atoms with Crippen molar-refractivity contribution in [3.8, 4) is 21.6 Å². The maximum Gasteiger partial charge on any atom is 0.416 e. The van der Waals surface area contributed by atoms with Crippen LogP contribution < -0.4 is 11.5 Å². The Morgan fingerprint density at radius 1 is 0.542 bits per heavy atom. The standard InChI is InChI=1S/C23H19F3N2O2S.C20H18N2O2S2.2ClH/c24-23(25,26)19-6-4-5-16(13-19)17-9-10-22-21(14-17)18(11-12-27)15-28(22)31(29,30)20-7-2-1-3-8-20;21-11-10-16-14-22(26(23,24)17-5-2-1-3-6-17)19-9-8-15(13-18(16)19)20-7-4-12-25-20;;/h1-10,13-15H,11-12,27H2;1-9,12-14H,10-11,21H2;2*1H. The molecule has 0 aliphatic heterocycles. The number of nitrogens with zero attached hydrogens (tertiary/aromatic N) is 2. The molecule has 3 heterocycles. The number of aromatic nitrogens is 2. The molecule has 0 atom stereocenters. The molecule has 3 aromatic heterocycles. The van der Waals surface area contributed by atoms with Crippen LogP contribution in [-0.2, 0) is 39.1 Å². The summed E-state index contributed by atoms with van der Waals surface area (Å²) in [5, 5.41) is 3.60. The lowest BCUT2D eigenvalue weighted by Crippen LogP contribution is -2.11. The Kier molecular flexibility index (Phi) is 14.2. The van der Waals surface area contributed by atoms with Gasteiger partial charge in [-0.3, -0.25) is 0 Å². The third-order valence-electron chi connectivity index (χ3n) is 9.46. The van der Waals surface area contributed by atoms with Gasteiger partial charge in [-0.05, 0) is 126 Å². The molecule has 59 heavy (non-hydrogen) atoms. The minimum absolute atomic E-state index is 0. The molecule has 8 nitrogen and oxygen atoms in total. The predicted octanol–water partition coefficient (Wildman–Crippen LogP) is 10.0. The maximum absolute atomic E-state index is 13.2. The molecule has 0 unspecified atom stereocenters. The fraction of sp³-hybridized carbons (Fsp3) is 0.116. The Hall–Kier alpha value is -4.93. The van der Waals surface area contributed by atoms with E-state index in [1.165, 1.54) is 32.3 Å². The Labute approximate surface area is 356 Å². The Bertz CT molecular complexity index is 2900. The SMILES string of the molecule is Cl.Cl.NCCc1cn(S(=O)(=O)c2ccccc2)c2ccc(-c3cccc(C(F)(F)F)c3)cc12.NCCc1cn(S(=O)(=O)c2ccccc2)c2ccc(-c3cccs3)cc12. The maximum atomic E-state index is 13.2. The number of benzene rings is 5. The van der Waals surface area contributed by atoms with Gasteiger partial charge in [-0.2, -0.15) is 13.2 Å². The number of alkyl halides is 3. The number of thiophene rings is 1. The van der Waals surface area contributed by atoms with E-state index >= 15 is 0 Å². The van der Waals surface area contributed by atoms with Gasteiger partial charge in [0.2, 0.25) is 0 Å². The smallest absolute Gasteiger partial charge is 0.330 e. The van der Waals surface area contributed by atoms with E-state index < -0.39 is 31.8 Å². The van der Waals surface area contributed by atoms with Crippen LogP contribution in [0.5, 0.6) is 0 Å². The van der Waals surface area contributed by atoms with Crippen LogP contribution in [0.3, 0.4) is 0 Å². The minimum Gasteiger partial charge on any atom is -0.330 e. The first kappa shape index (κ1) is 45.2. The van der Waals surface area contributed by atoms with Crippen molar-refractivity contribution in [3.63, 3.8) is 0 Å². The number of nitrogens with two attached hydrogens (primary N) is 2. The summed E-state index contributed by atoms with van der Waals surface area (Å²) in [6, 6.07) is 36.5. The summed E-state index contributed by atoms with van der Waals surface area (Å²) in [6.07, 6.45) is -0.146. The summed E-state index contributed by atoms with van der Waals surface area (Å²) in [7, 11) is -7.49. The summed E-state index contributed by atoms with van der Waals surface area (Å²) in [4.78, 5) is 1.58. The van der Waals surface area contributed by atoms with Crippen LogP contribution in [0.25, 0.3) is 43.4 Å². The first-order valence-corrected chi connectivity index (χ1v) is 21.6. The number of rotatable bonds is 10. The normalized spacial score (nSPS) is 11.7. The molecule has 308 valence electrons. The summed E-state index contributed by atoms with van der Waals surface area (Å²) < 4.78 is 94.5. The molecule has 5 aromatic carbocycles. The van der Waals surface area contributed by atoms with E-state index in [-0.39, 0.29) is 34.6 Å². The van der Waals surface area contributed by atoms with Crippen molar-refractivity contribution >= 4 is 78.0 Å². The second-order valence-corrected chi connectivity index (χ2v) is 17.7. The van der Waals surface area contributed by atoms with Crippen molar-refractivity contribution in [2.75, 3.05) is 13.1 Å². The molecule has 0 spiro atoms. The zero-order chi connectivity index (χ0) is 40.4. The second kappa shape index (κ2) is 18.6. The molecule has 8 aromatic rings. The van der Waals surface area contributed by atoms with Crippen LogP contribution in [0.15, 0.2) is 161 Å². The topological polar surface area (TPSA) is 130 Å². The molecule has 8 rings (SSSR count). The van der Waals surface area contributed by atoms with Crippen LogP contribution in [0.2, 0.25) is 0 Å². The summed E-state index contributed by atoms with van der Waals surface area (Å²) in [6.45, 7) is 0.770. The molecule has 0 bridgehead atoms. The van der Waals surface area contributed by atoms with Gasteiger partial charge < -0.3 is 11.5 Å². The zero-order valence-electron chi connectivity index (χ0n) is 31.1. The molecule has 0 aliphatic carbocycles. The van der Waals surface area contributed by atoms with Crippen molar-refractivity contribution in [1.82, 2.24) is 7.94 Å². The van der Waals surface area contributed by atoms with E-state index in [9.17, 15) is 30.0 Å². The fourth-order valence-corrected chi connectivity index (χ4v) is 10.3. The minimum atomic E-state index is -4.45. The van der Waals surface area contributed by atoms with Crippen LogP contribution in [0.4, 0.5) is 13.2 Å². The largest absolute Gasteiger partial charge is 0.416 e. The average molecular weight is 900 g/mol. The van der Waals surface area contributed by atoms with Gasteiger partial charge in [-0.15, -0.1) is 36.2 Å². The van der Waals surface area contributed by atoms with E-state index in [1.807, 2.05) is 23.6 Å². The summed E-state index contributed by atoms with van der Waals surface area (Å²) in [5.41, 5.74) is 15.6. The molecule has 16 heteroatoms. The molecule has 0 amide bonds. The molecule has 0 radical (unpaired) electrons. The number of hydrogen-bond acceptors (Lipinski definition) is 7. The lowest BCUT2D eigenvalue weighted by Gasteiger charge is -2.10. The molecular formula is C43H39Cl2F3N4O4S3. The molecule has 0 saturated carbocycles. The predicted molar refractivity (Wildman–Crippen MR) is 236 cm³/mol. The van der Waals surface area contributed by atoms with Crippen LogP contribution in [0, 0.1) is 0 Å². The third kappa shape index (κ3) is 9.29. The van der Waals surface area contributed by atoms with Gasteiger partial charge >= 0.3 is 6.18 Å². The highest BCUT2D eigenvalue weighted by atomic mass is 35.5. The van der Waals surface area contributed by atoms with E-state index in [0.717, 1.165) is 33.5 Å². The molecule has 0 aliphatic rings. The highest BCUT2D eigenvalue weighted by Gasteiger charge is 2.30. The highest BCUT2D eigenvalue weighted by molar-refractivity contribution is 7.90. The molecular weight excluding hydrogens is 861 g/mol. The zero-order valence-corrected chi connectivity index (χ0v) is 35.2. The number of fused-ring (bicyclic) bond motifs is 2. The summed E-state index contributed by atoms with van der Waals surface area (Å²) >= 11 is 1.66. The monoisotopic (exact) mass is 898 g/mol. The van der Waals surface area contributed by atoms with Crippen LogP contribution in [-0.4, -0.2) is 37.9 Å². The number of hydrogen-bond donors (Lipinski definition) is 2. The van der Waals surface area contributed by atoms with Crippen molar-refractivity contribution in [2.45, 2.75) is 28.8 Å². The molecule has 0 saturated heterocycles. The van der Waals surface area contributed by atoms with E-state index in [0.29, 0.717) is 59.0 Å². The third-order valence-corrected chi connectivity index (χ3v) is 13.8. The molecule has 0 fully saturated rings. The van der Waals surface area contributed by atoms with E-state index in [2.05, 4.69) is 12.1 Å². The van der Waals surface area contributed by atoms with Crippen molar-refractivity contribution in [1.29, 1.82) is 0 Å². The Balaban J connectivity index is 0.000000220. The van der Waals surface area contributed by atoms with Crippen molar-refractivity contribution < 1.29 is 30.0 Å². The Morgan fingerprint density at radius 2 is 1.02 bits per heavy atom. The molecule has 4 N–H and O–H groups in total. The van der Waals surface area contributed by atoms with Gasteiger partial charge in [0.1, 0.15) is 0 Å². The lowest BCUT2D eigenvalue weighted by atomic mass is 10.00. The summed E-state index contributed by atoms with van der Waals surface area (Å²) in [5.74, 6) is 0. The van der Waals surface area contributed by atoms with Crippen molar-refractivity contribution in [3.05, 3.63) is 168 Å². The number of halogens is 5. The average Bonchev–Trinajstić information content (AvgIpc) is 3.98. The van der Waals surface area contributed by atoms with Crippen LogP contribution in [0.1, 0.15) is 16.7 Å². The van der Waals surface area contributed by atoms with Gasteiger partial charge in [0.05, 0.1) is 26.4 Å². The lowest BCUT2D eigenvalue weighted by molar-refractivity contribution is -0.137. The first-order valence-electron chi connectivity index (χ1n) is 17.8. The second-order valence-electron chi connectivity index (χ2n) is 13.1. The van der Waals surface area contributed by atoms with Gasteiger partial charge in [0.25, 0.3) is 20.0 Å². The first-order chi connectivity index (χ1) is 27.3. The van der Waals surface area contributed by atoms with E-state index in [4.69, 9.17) is 11.5 Å². The van der Waals surface area contributed by atoms with Gasteiger partial charge in [-0.1, -0.05) is 66.7 Å². The highest BCUT2D eigenvalue weighted by Crippen LogP contribution is 2.36. The van der Waals surface area contributed by atoms with Crippen molar-refractivity contribution in [2.24, 2.45) is 11.5 Å². The van der Waals surface area contributed by atoms with Gasteiger partial charge in [-0.25, -0.2) is 24.8 Å². The fourth-order valence-electron chi connectivity index (χ4n) is 6.70. The van der Waals surface area contributed by atoms with Gasteiger partial charge in [0.15, 0.2) is 0 Å². The van der Waals surface area contributed by atoms with Gasteiger partial charge in [0, 0.05) is 28.0 Å². The van der Waals surface area contributed by atoms with E-state index in [1.54, 1.807) is 90.3 Å². The quantitative estimate of drug-likeness (QED) is 0.141. The Morgan fingerprint density at radius 3 is 1.47 bits per heavy atom. The van der Waals surface area contributed by atoms with Crippen LogP contribution >= 0.6 is 36.2 Å².